The molecule has 1 aliphatic carbocycles. The van der Waals surface area contributed by atoms with Gasteiger partial charge in [-0.1, -0.05) is 32.4 Å². The molecule has 0 unspecified atom stereocenters. The number of rotatable bonds is 5. The Kier molecular flexibility index (Phi) is 4.60. The van der Waals surface area contributed by atoms with Crippen LogP contribution in [0.15, 0.2) is 0 Å². The minimum absolute atomic E-state index is 0.225. The molecule has 1 saturated heterocycles. The Morgan fingerprint density at radius 2 is 1.79 bits per heavy atom. The number of anilines is 1. The van der Waals surface area contributed by atoms with Gasteiger partial charge in [0.05, 0.1) is 13.2 Å². The predicted molar refractivity (Wildman–Crippen MR) is 99.9 cm³/mol. The zero-order valence-electron chi connectivity index (χ0n) is 15.5. The molecule has 1 aromatic heterocycles. The molecule has 2 heterocycles. The molecule has 0 spiro atoms. The quantitative estimate of drug-likeness (QED) is 0.574. The number of nitrogens with zero attached hydrogens (tertiary/aromatic N) is 3. The summed E-state index contributed by atoms with van der Waals surface area (Å²) < 4.78 is 11.9. The lowest BCUT2D eigenvalue weighted by Gasteiger charge is -2.47. The number of hydrogen-bond acceptors (Lipinski definition) is 5. The normalized spacial score (nSPS) is 19.4. The molecule has 0 aromatic carbocycles. The molecule has 24 heavy (non-hydrogen) atoms. The number of ether oxygens (including phenoxy) is 1. The van der Waals surface area contributed by atoms with Crippen LogP contribution in [0.5, 0.6) is 5.75 Å². The first kappa shape index (κ1) is 18.0. The Morgan fingerprint density at radius 1 is 1.17 bits per heavy atom. The van der Waals surface area contributed by atoms with Crippen molar-refractivity contribution in [2.75, 3.05) is 25.1 Å². The fourth-order valence-corrected chi connectivity index (χ4v) is 4.21. The summed E-state index contributed by atoms with van der Waals surface area (Å²) in [7, 11) is -0.117. The van der Waals surface area contributed by atoms with E-state index in [1.54, 1.807) is 7.11 Å². The molecule has 1 aromatic rings. The van der Waals surface area contributed by atoms with Gasteiger partial charge < -0.3 is 14.1 Å². The number of hydrogen-bond donors (Lipinski definition) is 0. The molecular weight excluding hydrogens is 342 g/mol. The summed E-state index contributed by atoms with van der Waals surface area (Å²) >= 11 is 6.31. The molecule has 2 aliphatic rings. The van der Waals surface area contributed by atoms with Crippen molar-refractivity contribution in [2.45, 2.75) is 63.8 Å². The summed E-state index contributed by atoms with van der Waals surface area (Å²) in [5.41, 5.74) is 0. The molecule has 3 rings (SSSR count). The Morgan fingerprint density at radius 3 is 2.29 bits per heavy atom. The molecular formula is C17H28ClN3O2Si. The van der Waals surface area contributed by atoms with Crippen LogP contribution < -0.4 is 9.64 Å². The zero-order valence-corrected chi connectivity index (χ0v) is 17.3. The Labute approximate surface area is 150 Å². The van der Waals surface area contributed by atoms with Gasteiger partial charge in [0.15, 0.2) is 25.0 Å². The van der Waals surface area contributed by atoms with E-state index in [9.17, 15) is 0 Å². The van der Waals surface area contributed by atoms with Crippen LogP contribution in [0.1, 0.15) is 45.4 Å². The van der Waals surface area contributed by atoms with E-state index in [1.807, 2.05) is 0 Å². The van der Waals surface area contributed by atoms with Crippen LogP contribution in [0.25, 0.3) is 0 Å². The largest absolute Gasteiger partial charge is 0.490 e. The monoisotopic (exact) mass is 369 g/mol. The minimum atomic E-state index is -1.74. The third kappa shape index (κ3) is 3.41. The van der Waals surface area contributed by atoms with Crippen LogP contribution in [-0.4, -0.2) is 44.6 Å². The lowest BCUT2D eigenvalue weighted by Crippen LogP contribution is -2.58. The maximum Gasteiger partial charge on any atom is 0.199 e. The van der Waals surface area contributed by atoms with Crippen LogP contribution in [0.4, 0.5) is 5.82 Å². The van der Waals surface area contributed by atoms with Crippen molar-refractivity contribution in [3.8, 4) is 5.75 Å². The highest BCUT2D eigenvalue weighted by atomic mass is 35.5. The molecule has 7 heteroatoms. The Hall–Kier alpha value is -0.853. The van der Waals surface area contributed by atoms with E-state index in [0.717, 1.165) is 37.6 Å². The van der Waals surface area contributed by atoms with Crippen LogP contribution in [0.2, 0.25) is 23.3 Å². The SMILES string of the molecule is COc1c(Cl)nc(C2CC2)nc1N1CC(O[Si](C)(C)C(C)(C)C)C1. The second kappa shape index (κ2) is 6.14. The Bertz CT molecular complexity index is 623. The fourth-order valence-electron chi connectivity index (χ4n) is 2.62. The topological polar surface area (TPSA) is 47.5 Å². The summed E-state index contributed by atoms with van der Waals surface area (Å²) in [5.74, 6) is 2.71. The standard InChI is InChI=1S/C17H28ClN3O2Si/c1-17(2,3)24(5,6)23-12-9-21(10-12)16-13(22-4)14(18)19-15(20-16)11-7-8-11/h11-12H,7-10H2,1-6H3. The molecule has 0 amide bonds. The highest BCUT2D eigenvalue weighted by Crippen LogP contribution is 2.43. The van der Waals surface area contributed by atoms with Crippen LogP contribution >= 0.6 is 11.6 Å². The van der Waals surface area contributed by atoms with E-state index < -0.39 is 8.32 Å². The van der Waals surface area contributed by atoms with Gasteiger partial charge in [0.1, 0.15) is 5.82 Å². The molecule has 0 atom stereocenters. The first-order chi connectivity index (χ1) is 11.1. The second-order valence-corrected chi connectivity index (χ2v) is 13.5. The average Bonchev–Trinajstić information content (AvgIpc) is 3.24. The first-order valence-electron chi connectivity index (χ1n) is 8.66. The van der Waals surface area contributed by atoms with E-state index >= 15 is 0 Å². The lowest BCUT2D eigenvalue weighted by molar-refractivity contribution is 0.148. The van der Waals surface area contributed by atoms with Gasteiger partial charge in [-0.15, -0.1) is 0 Å². The third-order valence-electron chi connectivity index (χ3n) is 5.39. The Balaban J connectivity index is 1.71. The average molecular weight is 370 g/mol. The second-order valence-electron chi connectivity index (χ2n) is 8.41. The molecule has 0 bridgehead atoms. The molecule has 2 fully saturated rings. The smallest absolute Gasteiger partial charge is 0.199 e. The van der Waals surface area contributed by atoms with Gasteiger partial charge in [-0.2, -0.15) is 0 Å². The summed E-state index contributed by atoms with van der Waals surface area (Å²) in [5, 5.41) is 0.640. The highest BCUT2D eigenvalue weighted by molar-refractivity contribution is 6.74. The maximum absolute atomic E-state index is 6.46. The van der Waals surface area contributed by atoms with Gasteiger partial charge in [-0.05, 0) is 31.0 Å². The third-order valence-corrected chi connectivity index (χ3v) is 10.2. The van der Waals surface area contributed by atoms with Crippen molar-refractivity contribution >= 4 is 25.7 Å². The minimum Gasteiger partial charge on any atom is -0.490 e. The molecule has 5 nitrogen and oxygen atoms in total. The van der Waals surface area contributed by atoms with Gasteiger partial charge >= 0.3 is 0 Å². The highest BCUT2D eigenvalue weighted by Gasteiger charge is 2.43. The number of aromatic nitrogens is 2. The van der Waals surface area contributed by atoms with Crippen molar-refractivity contribution in [3.63, 3.8) is 0 Å². The summed E-state index contributed by atoms with van der Waals surface area (Å²) in [4.78, 5) is 11.3. The van der Waals surface area contributed by atoms with Crippen molar-refractivity contribution in [1.82, 2.24) is 9.97 Å². The van der Waals surface area contributed by atoms with Crippen molar-refractivity contribution in [2.24, 2.45) is 0 Å². The molecule has 1 aliphatic heterocycles. The number of methoxy groups -OCH3 is 1. The van der Waals surface area contributed by atoms with Gasteiger partial charge in [-0.25, -0.2) is 9.97 Å². The molecule has 1 saturated carbocycles. The maximum atomic E-state index is 6.46. The zero-order chi connectivity index (χ0) is 17.7. The van der Waals surface area contributed by atoms with Crippen molar-refractivity contribution in [3.05, 3.63) is 11.0 Å². The van der Waals surface area contributed by atoms with Crippen molar-refractivity contribution in [1.29, 1.82) is 0 Å². The van der Waals surface area contributed by atoms with Gasteiger partial charge in [0.25, 0.3) is 0 Å². The van der Waals surface area contributed by atoms with E-state index in [2.05, 4.69) is 43.7 Å². The van der Waals surface area contributed by atoms with E-state index in [0.29, 0.717) is 16.8 Å². The molecule has 0 N–H and O–H groups in total. The van der Waals surface area contributed by atoms with Gasteiger partial charge in [0.2, 0.25) is 0 Å². The molecule has 0 radical (unpaired) electrons. The summed E-state index contributed by atoms with van der Waals surface area (Å²) in [6.07, 6.45) is 2.56. The van der Waals surface area contributed by atoms with Gasteiger partial charge in [-0.3, -0.25) is 0 Å². The van der Waals surface area contributed by atoms with Crippen molar-refractivity contribution < 1.29 is 9.16 Å². The lowest BCUT2D eigenvalue weighted by atomic mass is 10.1. The molecule has 134 valence electrons. The van der Waals surface area contributed by atoms with Crippen LogP contribution in [-0.2, 0) is 4.43 Å². The van der Waals surface area contributed by atoms with Crippen LogP contribution in [0, 0.1) is 0 Å². The van der Waals surface area contributed by atoms with Gasteiger partial charge in [0, 0.05) is 19.0 Å². The van der Waals surface area contributed by atoms with E-state index in [1.165, 1.54) is 0 Å². The fraction of sp³-hybridized carbons (Fsp3) is 0.765. The predicted octanol–water partition coefficient (Wildman–Crippen LogP) is 4.23. The number of halogens is 1. The van der Waals surface area contributed by atoms with E-state index in [-0.39, 0.29) is 11.1 Å². The summed E-state index contributed by atoms with van der Waals surface area (Å²) in [6, 6.07) is 0. The first-order valence-corrected chi connectivity index (χ1v) is 11.9. The summed E-state index contributed by atoms with van der Waals surface area (Å²) in [6.45, 7) is 13.1. The van der Waals surface area contributed by atoms with E-state index in [4.69, 9.17) is 25.7 Å². The van der Waals surface area contributed by atoms with Crippen LogP contribution in [0.3, 0.4) is 0 Å².